The molecule has 26 heavy (non-hydrogen) atoms. The Morgan fingerprint density at radius 2 is 1.96 bits per heavy atom. The fourth-order valence-corrected chi connectivity index (χ4v) is 3.04. The van der Waals surface area contributed by atoms with Crippen LogP contribution in [0.2, 0.25) is 0 Å². The Bertz CT molecular complexity index is 755. The molecule has 1 aromatic heterocycles. The Morgan fingerprint density at radius 3 is 2.73 bits per heavy atom. The summed E-state index contributed by atoms with van der Waals surface area (Å²) in [5.41, 5.74) is 3.50. The number of nitrogens with zero attached hydrogens (tertiary/aromatic N) is 2. The first-order valence-corrected chi connectivity index (χ1v) is 9.28. The average molecular weight is 353 g/mol. The Balaban J connectivity index is 1.42. The van der Waals surface area contributed by atoms with Gasteiger partial charge in [-0.2, -0.15) is 0 Å². The summed E-state index contributed by atoms with van der Waals surface area (Å²) in [7, 11) is 0. The SMILES string of the molecule is Cc1ccc(OCCC(=O)NCc2ccnc(N3CCCC3)c2)cc1C. The van der Waals surface area contributed by atoms with Crippen molar-refractivity contribution in [3.8, 4) is 5.75 Å². The van der Waals surface area contributed by atoms with Crippen LogP contribution < -0.4 is 15.0 Å². The largest absolute Gasteiger partial charge is 0.493 e. The molecule has 138 valence electrons. The lowest BCUT2D eigenvalue weighted by molar-refractivity contribution is -0.121. The van der Waals surface area contributed by atoms with Crippen LogP contribution in [0.25, 0.3) is 0 Å². The molecule has 0 spiro atoms. The fraction of sp³-hybridized carbons (Fsp3) is 0.429. The van der Waals surface area contributed by atoms with Gasteiger partial charge in [0, 0.05) is 25.8 Å². The van der Waals surface area contributed by atoms with Gasteiger partial charge in [-0.3, -0.25) is 4.79 Å². The standard InChI is InChI=1S/C21H27N3O2/c1-16-5-6-19(13-17(16)2)26-12-8-21(25)23-15-18-7-9-22-20(14-18)24-10-3-4-11-24/h5-7,9,13-14H,3-4,8,10-12,15H2,1-2H3,(H,23,25). The van der Waals surface area contributed by atoms with Crippen molar-refractivity contribution < 1.29 is 9.53 Å². The van der Waals surface area contributed by atoms with Gasteiger partial charge in [0.25, 0.3) is 0 Å². The number of rotatable bonds is 7. The molecule has 1 N–H and O–H groups in total. The molecule has 1 fully saturated rings. The number of amides is 1. The van der Waals surface area contributed by atoms with E-state index in [1.807, 2.05) is 30.5 Å². The molecule has 1 aromatic carbocycles. The van der Waals surface area contributed by atoms with E-state index in [0.717, 1.165) is 30.2 Å². The van der Waals surface area contributed by atoms with E-state index in [0.29, 0.717) is 19.6 Å². The van der Waals surface area contributed by atoms with Gasteiger partial charge in [-0.05, 0) is 67.6 Å². The van der Waals surface area contributed by atoms with Crippen LogP contribution in [-0.4, -0.2) is 30.6 Å². The van der Waals surface area contributed by atoms with E-state index in [1.54, 1.807) is 0 Å². The van der Waals surface area contributed by atoms with Gasteiger partial charge in [-0.15, -0.1) is 0 Å². The first kappa shape index (κ1) is 18.2. The summed E-state index contributed by atoms with van der Waals surface area (Å²) >= 11 is 0. The third kappa shape index (κ3) is 4.97. The number of carbonyl (C=O) groups is 1. The van der Waals surface area contributed by atoms with Crippen molar-refractivity contribution in [1.82, 2.24) is 10.3 Å². The number of ether oxygens (including phenoxy) is 1. The minimum Gasteiger partial charge on any atom is -0.493 e. The summed E-state index contributed by atoms with van der Waals surface area (Å²) in [6.07, 6.45) is 4.61. The van der Waals surface area contributed by atoms with Crippen LogP contribution in [0.4, 0.5) is 5.82 Å². The van der Waals surface area contributed by atoms with Gasteiger partial charge in [0.1, 0.15) is 11.6 Å². The maximum Gasteiger partial charge on any atom is 0.223 e. The van der Waals surface area contributed by atoms with Crippen molar-refractivity contribution in [2.45, 2.75) is 39.7 Å². The van der Waals surface area contributed by atoms with E-state index in [-0.39, 0.29) is 5.91 Å². The first-order valence-electron chi connectivity index (χ1n) is 9.28. The molecule has 1 saturated heterocycles. The van der Waals surface area contributed by atoms with E-state index < -0.39 is 0 Å². The van der Waals surface area contributed by atoms with E-state index in [9.17, 15) is 4.79 Å². The highest BCUT2D eigenvalue weighted by atomic mass is 16.5. The zero-order valence-corrected chi connectivity index (χ0v) is 15.6. The predicted octanol–water partition coefficient (Wildman–Crippen LogP) is 3.38. The van der Waals surface area contributed by atoms with Gasteiger partial charge in [0.15, 0.2) is 0 Å². The molecule has 3 rings (SSSR count). The van der Waals surface area contributed by atoms with Crippen LogP contribution in [0.1, 0.15) is 36.0 Å². The van der Waals surface area contributed by atoms with E-state index in [4.69, 9.17) is 4.74 Å². The maximum atomic E-state index is 12.1. The monoisotopic (exact) mass is 353 g/mol. The van der Waals surface area contributed by atoms with Crippen LogP contribution in [-0.2, 0) is 11.3 Å². The highest BCUT2D eigenvalue weighted by Gasteiger charge is 2.13. The Hall–Kier alpha value is -2.56. The summed E-state index contributed by atoms with van der Waals surface area (Å²) in [6.45, 7) is 7.16. The number of pyridine rings is 1. The third-order valence-electron chi connectivity index (χ3n) is 4.81. The number of anilines is 1. The number of hydrogen-bond donors (Lipinski definition) is 1. The first-order chi connectivity index (χ1) is 12.6. The second-order valence-electron chi connectivity index (χ2n) is 6.84. The zero-order valence-electron chi connectivity index (χ0n) is 15.6. The molecule has 5 heteroatoms. The highest BCUT2D eigenvalue weighted by molar-refractivity contribution is 5.76. The van der Waals surface area contributed by atoms with Crippen molar-refractivity contribution in [2.24, 2.45) is 0 Å². The molecule has 5 nitrogen and oxygen atoms in total. The molecule has 1 aliphatic rings. The maximum absolute atomic E-state index is 12.1. The summed E-state index contributed by atoms with van der Waals surface area (Å²) < 4.78 is 5.67. The molecule has 1 amide bonds. The average Bonchev–Trinajstić information content (AvgIpc) is 3.18. The van der Waals surface area contributed by atoms with E-state index in [1.165, 1.54) is 24.0 Å². The molecule has 0 bridgehead atoms. The van der Waals surface area contributed by atoms with Gasteiger partial charge in [-0.25, -0.2) is 4.98 Å². The predicted molar refractivity (Wildman–Crippen MR) is 104 cm³/mol. The summed E-state index contributed by atoms with van der Waals surface area (Å²) in [5.74, 6) is 1.81. The van der Waals surface area contributed by atoms with Crippen molar-refractivity contribution >= 4 is 11.7 Å². The van der Waals surface area contributed by atoms with Crippen LogP contribution in [0.15, 0.2) is 36.5 Å². The van der Waals surface area contributed by atoms with Gasteiger partial charge < -0.3 is 15.0 Å². The molecule has 0 atom stereocenters. The Labute approximate surface area is 155 Å². The molecular formula is C21H27N3O2. The second-order valence-corrected chi connectivity index (χ2v) is 6.84. The minimum atomic E-state index is -0.00614. The molecule has 0 saturated carbocycles. The van der Waals surface area contributed by atoms with Crippen molar-refractivity contribution in [3.63, 3.8) is 0 Å². The number of benzene rings is 1. The molecule has 0 aliphatic carbocycles. The van der Waals surface area contributed by atoms with Gasteiger partial charge in [-0.1, -0.05) is 6.07 Å². The quantitative estimate of drug-likeness (QED) is 0.829. The van der Waals surface area contributed by atoms with E-state index >= 15 is 0 Å². The summed E-state index contributed by atoms with van der Waals surface area (Å²) in [4.78, 5) is 18.8. The normalized spacial score (nSPS) is 13.7. The smallest absolute Gasteiger partial charge is 0.223 e. The lowest BCUT2D eigenvalue weighted by Gasteiger charge is -2.17. The number of hydrogen-bond acceptors (Lipinski definition) is 4. The van der Waals surface area contributed by atoms with Gasteiger partial charge in [0.2, 0.25) is 5.91 Å². The van der Waals surface area contributed by atoms with Crippen LogP contribution in [0.3, 0.4) is 0 Å². The van der Waals surface area contributed by atoms with Gasteiger partial charge >= 0.3 is 0 Å². The number of carbonyl (C=O) groups excluding carboxylic acids is 1. The van der Waals surface area contributed by atoms with Crippen LogP contribution in [0.5, 0.6) is 5.75 Å². The number of aromatic nitrogens is 1. The number of nitrogens with one attached hydrogen (secondary N) is 1. The molecule has 2 heterocycles. The minimum absolute atomic E-state index is 0.00614. The Kier molecular flexibility index (Phi) is 6.10. The molecule has 0 unspecified atom stereocenters. The molecule has 0 radical (unpaired) electrons. The lowest BCUT2D eigenvalue weighted by atomic mass is 10.1. The van der Waals surface area contributed by atoms with Crippen molar-refractivity contribution in [1.29, 1.82) is 0 Å². The highest BCUT2D eigenvalue weighted by Crippen LogP contribution is 2.18. The van der Waals surface area contributed by atoms with E-state index in [2.05, 4.69) is 35.1 Å². The molecule has 1 aliphatic heterocycles. The van der Waals surface area contributed by atoms with Crippen LogP contribution >= 0.6 is 0 Å². The molecule has 2 aromatic rings. The number of aryl methyl sites for hydroxylation is 2. The van der Waals surface area contributed by atoms with Crippen LogP contribution in [0, 0.1) is 13.8 Å². The van der Waals surface area contributed by atoms with Gasteiger partial charge in [0.05, 0.1) is 13.0 Å². The van der Waals surface area contributed by atoms with Crippen molar-refractivity contribution in [3.05, 3.63) is 53.2 Å². The third-order valence-corrected chi connectivity index (χ3v) is 4.81. The Morgan fingerprint density at radius 1 is 1.15 bits per heavy atom. The molecular weight excluding hydrogens is 326 g/mol. The second kappa shape index (κ2) is 8.70. The summed E-state index contributed by atoms with van der Waals surface area (Å²) in [6, 6.07) is 10.00. The topological polar surface area (TPSA) is 54.5 Å². The summed E-state index contributed by atoms with van der Waals surface area (Å²) in [5, 5.41) is 2.96. The van der Waals surface area contributed by atoms with Crippen molar-refractivity contribution in [2.75, 3.05) is 24.6 Å². The lowest BCUT2D eigenvalue weighted by Crippen LogP contribution is -2.25. The fourth-order valence-electron chi connectivity index (χ4n) is 3.04. The zero-order chi connectivity index (χ0) is 18.4.